The maximum absolute atomic E-state index is 13.7. The first kappa shape index (κ1) is 25.4. The first-order valence-corrected chi connectivity index (χ1v) is 11.4. The van der Waals surface area contributed by atoms with Crippen LogP contribution in [0, 0.1) is 5.82 Å². The Kier molecular flexibility index (Phi) is 11.9. The first-order chi connectivity index (χ1) is 15.7. The van der Waals surface area contributed by atoms with Crippen molar-refractivity contribution in [1.82, 2.24) is 4.98 Å². The highest BCUT2D eigenvalue weighted by Gasteiger charge is 2.04. The van der Waals surface area contributed by atoms with E-state index in [1.165, 1.54) is 49.8 Å². The van der Waals surface area contributed by atoms with Gasteiger partial charge in [0.25, 0.3) is 0 Å². The van der Waals surface area contributed by atoms with Gasteiger partial charge in [0.2, 0.25) is 0 Å². The maximum atomic E-state index is 13.7. The van der Waals surface area contributed by atoms with Gasteiger partial charge >= 0.3 is 0 Å². The van der Waals surface area contributed by atoms with Gasteiger partial charge in [0.1, 0.15) is 5.82 Å². The van der Waals surface area contributed by atoms with Crippen molar-refractivity contribution in [2.24, 2.45) is 0 Å². The Labute approximate surface area is 191 Å². The number of methoxy groups -OCH3 is 1. The third-order valence-corrected chi connectivity index (χ3v) is 5.27. The molecule has 4 heteroatoms. The molecule has 0 unspecified atom stereocenters. The average Bonchev–Trinajstić information content (AvgIpc) is 2.84. The molecule has 0 radical (unpaired) electrons. The van der Waals surface area contributed by atoms with Crippen molar-refractivity contribution in [3.05, 3.63) is 89.5 Å². The Morgan fingerprint density at radius 1 is 0.906 bits per heavy atom. The zero-order valence-electron chi connectivity index (χ0n) is 19.2. The number of carbonyl (C=O) groups is 1. The number of ether oxygens (including phenoxy) is 1. The fourth-order valence-corrected chi connectivity index (χ4v) is 3.35. The second-order valence-corrected chi connectivity index (χ2v) is 7.78. The quantitative estimate of drug-likeness (QED) is 0.238. The van der Waals surface area contributed by atoms with Gasteiger partial charge in [-0.15, -0.1) is 0 Å². The van der Waals surface area contributed by atoms with E-state index in [0.29, 0.717) is 6.29 Å². The van der Waals surface area contributed by atoms with Crippen LogP contribution in [0.4, 0.5) is 4.39 Å². The van der Waals surface area contributed by atoms with Crippen LogP contribution < -0.4 is 0 Å². The van der Waals surface area contributed by atoms with Crippen LogP contribution >= 0.6 is 0 Å². The zero-order valence-corrected chi connectivity index (χ0v) is 19.2. The van der Waals surface area contributed by atoms with E-state index < -0.39 is 5.82 Å². The van der Waals surface area contributed by atoms with E-state index in [1.807, 2.05) is 30.3 Å². The Bertz CT molecular complexity index is 910. The zero-order chi connectivity index (χ0) is 23.0. The second-order valence-electron chi connectivity index (χ2n) is 7.78. The fourth-order valence-electron chi connectivity index (χ4n) is 3.35. The number of carbonyl (C=O) groups excluding carboxylic acids is 1. The Hall–Kier alpha value is -2.85. The summed E-state index contributed by atoms with van der Waals surface area (Å²) in [7, 11) is 1.70. The summed E-state index contributed by atoms with van der Waals surface area (Å²) in [6.07, 6.45) is 10.8. The summed E-state index contributed by atoms with van der Waals surface area (Å²) in [6.45, 7) is 2.97. The molecule has 0 aliphatic carbocycles. The summed E-state index contributed by atoms with van der Waals surface area (Å²) in [5.41, 5.74) is 4.30. The number of rotatable bonds is 11. The third-order valence-electron chi connectivity index (χ3n) is 5.27. The average molecular weight is 436 g/mol. The van der Waals surface area contributed by atoms with Crippen LogP contribution in [0.1, 0.15) is 60.6 Å². The lowest BCUT2D eigenvalue weighted by Gasteiger charge is -2.06. The van der Waals surface area contributed by atoms with Crippen molar-refractivity contribution in [2.75, 3.05) is 13.7 Å². The van der Waals surface area contributed by atoms with Crippen LogP contribution in [0.5, 0.6) is 0 Å². The van der Waals surface area contributed by atoms with Gasteiger partial charge in [0.15, 0.2) is 6.29 Å². The van der Waals surface area contributed by atoms with Gasteiger partial charge in [-0.3, -0.25) is 9.78 Å². The number of halogens is 1. The van der Waals surface area contributed by atoms with E-state index in [-0.39, 0.29) is 5.56 Å². The van der Waals surface area contributed by atoms with E-state index in [0.717, 1.165) is 36.3 Å². The summed E-state index contributed by atoms with van der Waals surface area (Å²) in [5, 5.41) is 0. The number of unbranched alkanes of at least 4 members (excludes halogenated alkanes) is 4. The standard InChI is InChI=1S/C20H23FO.C8H11NO/c1-2-3-4-5-6-7-16-8-10-17(11-9-16)18-12-13-19(15-22)20(21)14-18;1-10-7-5-8-4-2-3-6-9-8/h8-15H,2-7H2,1H3;2-4,6H,5,7H2,1H3. The molecule has 2 aromatic carbocycles. The molecule has 3 rings (SSSR count). The van der Waals surface area contributed by atoms with E-state index >= 15 is 0 Å². The number of hydrogen-bond donors (Lipinski definition) is 0. The van der Waals surface area contributed by atoms with E-state index in [2.05, 4.69) is 24.0 Å². The van der Waals surface area contributed by atoms with Gasteiger partial charge in [-0.05, 0) is 53.8 Å². The maximum Gasteiger partial charge on any atom is 0.152 e. The number of hydrogen-bond acceptors (Lipinski definition) is 3. The minimum absolute atomic E-state index is 0.104. The van der Waals surface area contributed by atoms with Crippen LogP contribution in [0.25, 0.3) is 11.1 Å². The Morgan fingerprint density at radius 2 is 1.66 bits per heavy atom. The van der Waals surface area contributed by atoms with Crippen LogP contribution in [-0.4, -0.2) is 25.0 Å². The van der Waals surface area contributed by atoms with Gasteiger partial charge < -0.3 is 4.74 Å². The lowest BCUT2D eigenvalue weighted by molar-refractivity contribution is 0.112. The van der Waals surface area contributed by atoms with Crippen LogP contribution in [0.3, 0.4) is 0 Å². The lowest BCUT2D eigenvalue weighted by atomic mass is 10.00. The molecule has 0 aliphatic heterocycles. The SMILES string of the molecule is CCCCCCCc1ccc(-c2ccc(C=O)c(F)c2)cc1.COCCc1ccccn1. The van der Waals surface area contributed by atoms with E-state index in [1.54, 1.807) is 19.4 Å². The Balaban J connectivity index is 0.000000303. The summed E-state index contributed by atoms with van der Waals surface area (Å²) in [4.78, 5) is 14.8. The van der Waals surface area contributed by atoms with E-state index in [9.17, 15) is 9.18 Å². The molecule has 0 amide bonds. The second kappa shape index (κ2) is 15.0. The summed E-state index contributed by atoms with van der Waals surface area (Å²) in [5.74, 6) is -0.465. The molecule has 3 nitrogen and oxygen atoms in total. The molecule has 0 bridgehead atoms. The van der Waals surface area contributed by atoms with Crippen molar-refractivity contribution in [3.8, 4) is 11.1 Å². The summed E-state index contributed by atoms with van der Waals surface area (Å²) in [6, 6.07) is 18.9. The summed E-state index contributed by atoms with van der Waals surface area (Å²) >= 11 is 0. The molecule has 0 saturated heterocycles. The first-order valence-electron chi connectivity index (χ1n) is 11.4. The molecule has 0 saturated carbocycles. The molecular formula is C28H34FNO2. The van der Waals surface area contributed by atoms with Crippen molar-refractivity contribution < 1.29 is 13.9 Å². The van der Waals surface area contributed by atoms with Crippen molar-refractivity contribution in [3.63, 3.8) is 0 Å². The molecule has 32 heavy (non-hydrogen) atoms. The Morgan fingerprint density at radius 3 is 2.28 bits per heavy atom. The fraction of sp³-hybridized carbons (Fsp3) is 0.357. The topological polar surface area (TPSA) is 39.2 Å². The largest absolute Gasteiger partial charge is 0.384 e. The van der Waals surface area contributed by atoms with Gasteiger partial charge in [-0.2, -0.15) is 0 Å². The predicted octanol–water partition coefficient (Wildman–Crippen LogP) is 7.09. The van der Waals surface area contributed by atoms with Crippen LogP contribution in [0.2, 0.25) is 0 Å². The molecule has 0 fully saturated rings. The minimum atomic E-state index is -0.465. The van der Waals surface area contributed by atoms with Crippen molar-refractivity contribution in [1.29, 1.82) is 0 Å². The monoisotopic (exact) mass is 435 g/mol. The highest BCUT2D eigenvalue weighted by atomic mass is 19.1. The molecular weight excluding hydrogens is 401 g/mol. The number of benzene rings is 2. The molecule has 0 aliphatic rings. The molecule has 170 valence electrons. The molecule has 3 aromatic rings. The van der Waals surface area contributed by atoms with E-state index in [4.69, 9.17) is 4.74 Å². The van der Waals surface area contributed by atoms with Crippen molar-refractivity contribution in [2.45, 2.75) is 51.9 Å². The molecule has 0 N–H and O–H groups in total. The number of nitrogens with zero attached hydrogens (tertiary/aromatic N) is 1. The van der Waals surface area contributed by atoms with Gasteiger partial charge in [-0.1, -0.05) is 69.0 Å². The van der Waals surface area contributed by atoms with Gasteiger partial charge in [0, 0.05) is 25.4 Å². The number of aryl methyl sites for hydroxylation is 1. The third kappa shape index (κ3) is 9.11. The smallest absolute Gasteiger partial charge is 0.152 e. The number of aromatic nitrogens is 1. The molecule has 0 atom stereocenters. The molecule has 1 aromatic heterocycles. The van der Waals surface area contributed by atoms with Crippen molar-refractivity contribution >= 4 is 6.29 Å². The van der Waals surface area contributed by atoms with Crippen LogP contribution in [-0.2, 0) is 17.6 Å². The minimum Gasteiger partial charge on any atom is -0.384 e. The predicted molar refractivity (Wildman–Crippen MR) is 130 cm³/mol. The lowest BCUT2D eigenvalue weighted by Crippen LogP contribution is -1.95. The number of aldehydes is 1. The summed E-state index contributed by atoms with van der Waals surface area (Å²) < 4.78 is 18.6. The highest BCUT2D eigenvalue weighted by molar-refractivity contribution is 5.77. The van der Waals surface area contributed by atoms with Gasteiger partial charge in [-0.25, -0.2) is 4.39 Å². The molecule has 0 spiro atoms. The number of pyridine rings is 1. The normalized spacial score (nSPS) is 10.3. The molecule has 1 heterocycles. The van der Waals surface area contributed by atoms with Crippen LogP contribution in [0.15, 0.2) is 66.9 Å². The highest BCUT2D eigenvalue weighted by Crippen LogP contribution is 2.22. The van der Waals surface area contributed by atoms with Gasteiger partial charge in [0.05, 0.1) is 12.2 Å².